The summed E-state index contributed by atoms with van der Waals surface area (Å²) in [6.07, 6.45) is 11.6. The van der Waals surface area contributed by atoms with Crippen molar-refractivity contribution >= 4 is 6.08 Å². The first-order chi connectivity index (χ1) is 14.1. The zero-order chi connectivity index (χ0) is 21.4. The van der Waals surface area contributed by atoms with Crippen LogP contribution in [0.4, 0.5) is 0 Å². The van der Waals surface area contributed by atoms with E-state index in [1.54, 1.807) is 0 Å². The number of fused-ring (bicyclic) bond motifs is 5. The second-order valence-corrected chi connectivity index (χ2v) is 11.2. The first-order valence-electron chi connectivity index (χ1n) is 11.9. The summed E-state index contributed by atoms with van der Waals surface area (Å²) in [7, 11) is 1.99. The van der Waals surface area contributed by atoms with Crippen molar-refractivity contribution in [2.45, 2.75) is 84.8 Å². The molecule has 0 radical (unpaired) electrons. The van der Waals surface area contributed by atoms with Crippen molar-refractivity contribution in [1.29, 1.82) is 0 Å². The van der Waals surface area contributed by atoms with E-state index in [-0.39, 0.29) is 23.0 Å². The summed E-state index contributed by atoms with van der Waals surface area (Å²) in [4.78, 5) is 0. The number of hydrogen-bond donors (Lipinski definition) is 2. The van der Waals surface area contributed by atoms with Crippen molar-refractivity contribution in [3.63, 3.8) is 0 Å². The Balaban J connectivity index is 1.49. The molecule has 4 heteroatoms. The molecule has 4 nitrogen and oxygen atoms in total. The van der Waals surface area contributed by atoms with Gasteiger partial charge in [-0.15, -0.1) is 0 Å². The molecular weight excluding hydrogens is 372 g/mol. The molecule has 0 aromatic carbocycles. The first kappa shape index (κ1) is 20.5. The lowest BCUT2D eigenvalue weighted by atomic mass is 9.48. The van der Waals surface area contributed by atoms with Gasteiger partial charge in [-0.2, -0.15) is 5.10 Å². The zero-order valence-electron chi connectivity index (χ0n) is 19.3. The minimum Gasteiger partial charge on any atom is -0.393 e. The number of allylic oxidation sites excluding steroid dienone is 1. The molecule has 1 aromatic rings. The highest BCUT2D eigenvalue weighted by atomic mass is 16.3. The van der Waals surface area contributed by atoms with Gasteiger partial charge in [0.15, 0.2) is 0 Å². The van der Waals surface area contributed by atoms with E-state index in [2.05, 4.69) is 44.9 Å². The molecule has 4 aliphatic carbocycles. The molecule has 0 saturated heterocycles. The van der Waals surface area contributed by atoms with Crippen molar-refractivity contribution in [1.82, 2.24) is 9.78 Å². The lowest BCUT2D eigenvalue weighted by Crippen LogP contribution is -2.51. The fourth-order valence-electron chi connectivity index (χ4n) is 7.82. The molecule has 1 heterocycles. The van der Waals surface area contributed by atoms with Crippen LogP contribution in [0.3, 0.4) is 0 Å². The van der Waals surface area contributed by atoms with Crippen LogP contribution in [0.1, 0.15) is 75.7 Å². The van der Waals surface area contributed by atoms with Gasteiger partial charge in [0.2, 0.25) is 0 Å². The summed E-state index contributed by atoms with van der Waals surface area (Å²) in [6.45, 7) is 8.99. The van der Waals surface area contributed by atoms with E-state index in [4.69, 9.17) is 0 Å². The fourth-order valence-corrected chi connectivity index (χ4v) is 7.82. The van der Waals surface area contributed by atoms with Crippen LogP contribution < -0.4 is 0 Å². The molecule has 0 amide bonds. The normalized spacial score (nSPS) is 44.4. The second kappa shape index (κ2) is 6.80. The van der Waals surface area contributed by atoms with Crippen LogP contribution in [0.2, 0.25) is 0 Å². The van der Waals surface area contributed by atoms with Crippen LogP contribution in [-0.2, 0) is 7.05 Å². The third-order valence-corrected chi connectivity index (χ3v) is 9.84. The van der Waals surface area contributed by atoms with E-state index in [1.807, 2.05) is 11.7 Å². The Morgan fingerprint density at radius 1 is 1.10 bits per heavy atom. The molecule has 3 saturated carbocycles. The van der Waals surface area contributed by atoms with Gasteiger partial charge in [0.1, 0.15) is 0 Å². The van der Waals surface area contributed by atoms with Gasteiger partial charge >= 0.3 is 0 Å². The Hall–Kier alpha value is -1.39. The average Bonchev–Trinajstić information content (AvgIpc) is 3.10. The number of nitrogens with zero attached hydrogens (tertiary/aromatic N) is 2. The molecule has 3 fully saturated rings. The SMILES string of the molecule is Cc1nn(C)c(C)c1/C=C1\C[C@H]2[C@@H]3CC=C4C[C@@H](O)CC[C@]4(C)[C@H]3CC[C@]2(C)[C@@H]1O. The zero-order valence-corrected chi connectivity index (χ0v) is 19.3. The lowest BCUT2D eigenvalue weighted by Gasteiger charge is -2.57. The van der Waals surface area contributed by atoms with Crippen LogP contribution in [-0.4, -0.2) is 32.2 Å². The van der Waals surface area contributed by atoms with Gasteiger partial charge < -0.3 is 10.2 Å². The predicted octanol–water partition coefficient (Wildman–Crippen LogP) is 4.71. The lowest BCUT2D eigenvalue weighted by molar-refractivity contribution is -0.0685. The molecule has 2 N–H and O–H groups in total. The number of rotatable bonds is 1. The molecule has 1 aromatic heterocycles. The number of hydrogen-bond acceptors (Lipinski definition) is 3. The molecule has 0 unspecified atom stereocenters. The van der Waals surface area contributed by atoms with E-state index in [1.165, 1.54) is 28.8 Å². The van der Waals surface area contributed by atoms with Gasteiger partial charge in [0.05, 0.1) is 17.9 Å². The average molecular weight is 411 g/mol. The number of aliphatic hydroxyl groups is 2. The second-order valence-electron chi connectivity index (χ2n) is 11.2. The van der Waals surface area contributed by atoms with E-state index in [0.717, 1.165) is 44.2 Å². The Labute approximate surface area is 181 Å². The maximum absolute atomic E-state index is 11.5. The highest BCUT2D eigenvalue weighted by molar-refractivity contribution is 5.59. The predicted molar refractivity (Wildman–Crippen MR) is 120 cm³/mol. The van der Waals surface area contributed by atoms with Crippen LogP contribution in [0.5, 0.6) is 0 Å². The van der Waals surface area contributed by atoms with Gasteiger partial charge in [-0.3, -0.25) is 4.68 Å². The third kappa shape index (κ3) is 2.75. The maximum atomic E-state index is 11.5. The number of aryl methyl sites for hydroxylation is 2. The Morgan fingerprint density at radius 3 is 2.57 bits per heavy atom. The minimum atomic E-state index is -0.353. The van der Waals surface area contributed by atoms with Gasteiger partial charge in [0, 0.05) is 23.7 Å². The Morgan fingerprint density at radius 2 is 1.87 bits per heavy atom. The largest absolute Gasteiger partial charge is 0.393 e. The molecule has 4 aliphatic rings. The van der Waals surface area contributed by atoms with Crippen molar-refractivity contribution in [3.05, 3.63) is 34.2 Å². The Bertz CT molecular complexity index is 928. The highest BCUT2D eigenvalue weighted by Gasteiger charge is 2.59. The van der Waals surface area contributed by atoms with Crippen molar-refractivity contribution in [2.24, 2.45) is 35.6 Å². The summed E-state index contributed by atoms with van der Waals surface area (Å²) in [5, 5.41) is 26.3. The van der Waals surface area contributed by atoms with Crippen molar-refractivity contribution < 1.29 is 10.2 Å². The van der Waals surface area contributed by atoms with E-state index in [9.17, 15) is 10.2 Å². The number of aromatic nitrogens is 2. The van der Waals surface area contributed by atoms with Crippen molar-refractivity contribution in [2.75, 3.05) is 0 Å². The molecule has 0 spiro atoms. The summed E-state index contributed by atoms with van der Waals surface area (Å²) in [5.74, 6) is 1.87. The van der Waals surface area contributed by atoms with Gasteiger partial charge in [-0.1, -0.05) is 25.5 Å². The summed E-state index contributed by atoms with van der Waals surface area (Å²) in [6, 6.07) is 0. The van der Waals surface area contributed by atoms with Crippen LogP contribution in [0, 0.1) is 42.4 Å². The molecule has 7 atom stereocenters. The molecule has 0 aliphatic heterocycles. The van der Waals surface area contributed by atoms with E-state index >= 15 is 0 Å². The molecular formula is C26H38N2O2. The summed E-state index contributed by atoms with van der Waals surface area (Å²) >= 11 is 0. The number of aliphatic hydroxyl groups excluding tert-OH is 2. The van der Waals surface area contributed by atoms with Crippen molar-refractivity contribution in [3.8, 4) is 0 Å². The molecule has 30 heavy (non-hydrogen) atoms. The van der Waals surface area contributed by atoms with Crippen LogP contribution in [0.25, 0.3) is 6.08 Å². The minimum absolute atomic E-state index is 0.0209. The quantitative estimate of drug-likeness (QED) is 0.659. The molecule has 0 bridgehead atoms. The Kier molecular flexibility index (Phi) is 4.65. The summed E-state index contributed by atoms with van der Waals surface area (Å²) < 4.78 is 1.94. The van der Waals surface area contributed by atoms with Crippen LogP contribution in [0.15, 0.2) is 17.2 Å². The molecule has 5 rings (SSSR count). The van der Waals surface area contributed by atoms with Gasteiger partial charge in [0.25, 0.3) is 0 Å². The first-order valence-corrected chi connectivity index (χ1v) is 11.9. The fraction of sp³-hybridized carbons (Fsp3) is 0.731. The standard InChI is InChI=1S/C26H38N2O2/c1-15-21(16(2)28(5)27-15)12-17-13-23-20-7-6-18-14-19(29)8-10-25(18,3)22(20)9-11-26(23,4)24(17)30/h6,12,19-20,22-24,29-30H,7-11,13-14H2,1-5H3/b17-12+/t19-,20+,22-,23-,24+,25-,26-/m0/s1. The maximum Gasteiger partial charge on any atom is 0.0809 e. The van der Waals surface area contributed by atoms with E-state index < -0.39 is 0 Å². The highest BCUT2D eigenvalue weighted by Crippen LogP contribution is 2.65. The monoisotopic (exact) mass is 410 g/mol. The summed E-state index contributed by atoms with van der Waals surface area (Å²) in [5.41, 5.74) is 6.35. The smallest absolute Gasteiger partial charge is 0.0809 e. The van der Waals surface area contributed by atoms with Gasteiger partial charge in [-0.25, -0.2) is 0 Å². The molecule has 164 valence electrons. The topological polar surface area (TPSA) is 58.3 Å². The third-order valence-electron chi connectivity index (χ3n) is 9.84. The van der Waals surface area contributed by atoms with Gasteiger partial charge in [-0.05, 0) is 93.6 Å². The van der Waals surface area contributed by atoms with Crippen LogP contribution >= 0.6 is 0 Å². The van der Waals surface area contributed by atoms with E-state index in [0.29, 0.717) is 17.8 Å².